The van der Waals surface area contributed by atoms with E-state index in [9.17, 15) is 14.7 Å². The van der Waals surface area contributed by atoms with Gasteiger partial charge in [0.15, 0.2) is 0 Å². The molecule has 1 amide bonds. The van der Waals surface area contributed by atoms with Gasteiger partial charge in [-0.25, -0.2) is 4.79 Å². The summed E-state index contributed by atoms with van der Waals surface area (Å²) >= 11 is 0. The molecule has 5 heteroatoms. The minimum atomic E-state index is -1.06. The summed E-state index contributed by atoms with van der Waals surface area (Å²) in [5, 5.41) is 20.9. The molecular formula is C15H21NO4. The summed E-state index contributed by atoms with van der Waals surface area (Å²) in [6, 6.07) is 5.33. The van der Waals surface area contributed by atoms with Crippen molar-refractivity contribution < 1.29 is 19.8 Å². The van der Waals surface area contributed by atoms with Crippen molar-refractivity contribution in [2.45, 2.75) is 39.2 Å². The molecular weight excluding hydrogens is 258 g/mol. The van der Waals surface area contributed by atoms with E-state index in [1.165, 1.54) is 12.1 Å². The summed E-state index contributed by atoms with van der Waals surface area (Å²) in [5.74, 6) is -0.944. The van der Waals surface area contributed by atoms with Crippen molar-refractivity contribution in [3.8, 4) is 5.75 Å². The van der Waals surface area contributed by atoms with E-state index in [0.29, 0.717) is 6.42 Å². The first-order chi connectivity index (χ1) is 9.42. The monoisotopic (exact) mass is 279 g/mol. The molecule has 0 bridgehead atoms. The highest BCUT2D eigenvalue weighted by Gasteiger charge is 2.21. The number of carbonyl (C=O) groups excluding carboxylic acids is 1. The number of benzene rings is 1. The number of carbonyl (C=O) groups is 2. The second-order valence-electron chi connectivity index (χ2n) is 5.05. The Bertz CT molecular complexity index is 455. The average Bonchev–Trinajstić information content (AvgIpc) is 2.40. The average molecular weight is 279 g/mol. The van der Waals surface area contributed by atoms with Crippen LogP contribution in [0.3, 0.4) is 0 Å². The van der Waals surface area contributed by atoms with Crippen molar-refractivity contribution in [1.29, 1.82) is 0 Å². The van der Waals surface area contributed by atoms with Crippen LogP contribution in [0.25, 0.3) is 0 Å². The molecule has 0 radical (unpaired) electrons. The zero-order valence-corrected chi connectivity index (χ0v) is 11.8. The van der Waals surface area contributed by atoms with Crippen molar-refractivity contribution in [2.75, 3.05) is 0 Å². The third-order valence-electron chi connectivity index (χ3n) is 3.24. The minimum absolute atomic E-state index is 0.126. The Kier molecular flexibility index (Phi) is 6.03. The summed E-state index contributed by atoms with van der Waals surface area (Å²) in [6.45, 7) is 3.94. The van der Waals surface area contributed by atoms with Gasteiger partial charge in [0.1, 0.15) is 11.8 Å². The van der Waals surface area contributed by atoms with E-state index in [1.807, 2.05) is 13.8 Å². The fourth-order valence-electron chi connectivity index (χ4n) is 1.78. The fraction of sp³-hybridized carbons (Fsp3) is 0.467. The second kappa shape index (κ2) is 7.53. The topological polar surface area (TPSA) is 86.6 Å². The first-order valence-corrected chi connectivity index (χ1v) is 6.72. The maximum Gasteiger partial charge on any atom is 0.326 e. The molecule has 0 fully saturated rings. The molecule has 3 N–H and O–H groups in total. The number of phenols is 1. The number of carboxylic acids is 1. The molecule has 2 atom stereocenters. The fourth-order valence-corrected chi connectivity index (χ4v) is 1.78. The minimum Gasteiger partial charge on any atom is -0.508 e. The van der Waals surface area contributed by atoms with Crippen molar-refractivity contribution in [3.05, 3.63) is 29.8 Å². The number of aliphatic carboxylic acids is 1. The summed E-state index contributed by atoms with van der Waals surface area (Å²) in [7, 11) is 0. The largest absolute Gasteiger partial charge is 0.508 e. The predicted octanol–water partition coefficient (Wildman–Crippen LogP) is 1.94. The molecule has 110 valence electrons. The van der Waals surface area contributed by atoms with Gasteiger partial charge in [-0.15, -0.1) is 0 Å². The van der Waals surface area contributed by atoms with E-state index >= 15 is 0 Å². The lowest BCUT2D eigenvalue weighted by atomic mass is 10.0. The summed E-state index contributed by atoms with van der Waals surface area (Å²) < 4.78 is 0. The number of amides is 1. The Morgan fingerprint density at radius 2 is 1.85 bits per heavy atom. The molecule has 0 saturated carbocycles. The Morgan fingerprint density at radius 3 is 2.35 bits per heavy atom. The summed E-state index contributed by atoms with van der Waals surface area (Å²) in [5.41, 5.74) is 0.749. The molecule has 0 aromatic heterocycles. The van der Waals surface area contributed by atoms with E-state index < -0.39 is 12.0 Å². The number of aromatic hydroxyl groups is 1. The molecule has 0 saturated heterocycles. The van der Waals surface area contributed by atoms with Crippen molar-refractivity contribution >= 4 is 11.9 Å². The van der Waals surface area contributed by atoms with Crippen LogP contribution >= 0.6 is 0 Å². The zero-order chi connectivity index (χ0) is 15.1. The summed E-state index contributed by atoms with van der Waals surface area (Å²) in [4.78, 5) is 23.0. The van der Waals surface area contributed by atoms with Gasteiger partial charge in [-0.2, -0.15) is 0 Å². The first kappa shape index (κ1) is 16.0. The lowest BCUT2D eigenvalue weighted by Gasteiger charge is -2.16. The number of hydrogen-bond donors (Lipinski definition) is 3. The third-order valence-corrected chi connectivity index (χ3v) is 3.24. The molecule has 20 heavy (non-hydrogen) atoms. The highest BCUT2D eigenvalue weighted by atomic mass is 16.4. The van der Waals surface area contributed by atoms with Gasteiger partial charge in [-0.1, -0.05) is 32.4 Å². The van der Waals surface area contributed by atoms with Crippen LogP contribution in [-0.4, -0.2) is 28.1 Å². The molecule has 1 aromatic rings. The van der Waals surface area contributed by atoms with E-state index in [1.54, 1.807) is 12.1 Å². The van der Waals surface area contributed by atoms with Gasteiger partial charge >= 0.3 is 5.97 Å². The molecule has 0 aliphatic carbocycles. The normalized spacial score (nSPS) is 13.5. The van der Waals surface area contributed by atoms with Gasteiger partial charge in [-0.3, -0.25) is 4.79 Å². The van der Waals surface area contributed by atoms with Gasteiger partial charge in [0.25, 0.3) is 0 Å². The van der Waals surface area contributed by atoms with Crippen molar-refractivity contribution in [3.63, 3.8) is 0 Å². The van der Waals surface area contributed by atoms with E-state index in [2.05, 4.69) is 5.32 Å². The van der Waals surface area contributed by atoms with Gasteiger partial charge in [0.2, 0.25) is 5.91 Å². The third kappa shape index (κ3) is 5.30. The molecule has 5 nitrogen and oxygen atoms in total. The van der Waals surface area contributed by atoms with E-state index in [4.69, 9.17) is 5.11 Å². The number of rotatable bonds is 7. The van der Waals surface area contributed by atoms with Gasteiger partial charge in [-0.05, 0) is 23.6 Å². The Hall–Kier alpha value is -2.04. The summed E-state index contributed by atoms with van der Waals surface area (Å²) in [6.07, 6.45) is 1.40. The first-order valence-electron chi connectivity index (χ1n) is 6.72. The van der Waals surface area contributed by atoms with Crippen LogP contribution in [0.2, 0.25) is 0 Å². The van der Waals surface area contributed by atoms with Crippen LogP contribution in [0.15, 0.2) is 24.3 Å². The molecule has 0 heterocycles. The number of phenolic OH excluding ortho intramolecular Hbond substituents is 1. The zero-order valence-electron chi connectivity index (χ0n) is 11.8. The molecule has 1 rings (SSSR count). The van der Waals surface area contributed by atoms with Gasteiger partial charge in [0.05, 0.1) is 0 Å². The van der Waals surface area contributed by atoms with Crippen LogP contribution < -0.4 is 5.32 Å². The lowest BCUT2D eigenvalue weighted by molar-refractivity contribution is -0.141. The smallest absolute Gasteiger partial charge is 0.326 e. The lowest BCUT2D eigenvalue weighted by Crippen LogP contribution is -2.42. The van der Waals surface area contributed by atoms with Crippen LogP contribution in [-0.2, 0) is 16.0 Å². The Morgan fingerprint density at radius 1 is 1.25 bits per heavy atom. The predicted molar refractivity (Wildman–Crippen MR) is 75.4 cm³/mol. The maximum absolute atomic E-state index is 11.8. The van der Waals surface area contributed by atoms with Crippen LogP contribution in [0.5, 0.6) is 5.75 Å². The van der Waals surface area contributed by atoms with Crippen LogP contribution in [0.4, 0.5) is 0 Å². The van der Waals surface area contributed by atoms with E-state index in [-0.39, 0.29) is 24.0 Å². The Balaban J connectivity index is 2.63. The number of nitrogens with one attached hydrogen (secondary N) is 1. The van der Waals surface area contributed by atoms with Gasteiger partial charge < -0.3 is 15.5 Å². The van der Waals surface area contributed by atoms with E-state index in [0.717, 1.165) is 12.0 Å². The SMILES string of the molecule is CCC(C)CC(=O)N[C@H](Cc1ccc(O)cc1)C(=O)O. The van der Waals surface area contributed by atoms with Crippen LogP contribution in [0, 0.1) is 5.92 Å². The number of carboxylic acid groups (broad SMARTS) is 1. The standard InChI is InChI=1S/C15H21NO4/c1-3-10(2)8-14(18)16-13(15(19)20)9-11-4-6-12(17)7-5-11/h4-7,10,13,17H,3,8-9H2,1-2H3,(H,16,18)(H,19,20)/t10?,13-/m1/s1. The number of hydrogen-bond acceptors (Lipinski definition) is 3. The highest BCUT2D eigenvalue weighted by Crippen LogP contribution is 2.12. The van der Waals surface area contributed by atoms with Crippen molar-refractivity contribution in [1.82, 2.24) is 5.32 Å². The van der Waals surface area contributed by atoms with Crippen LogP contribution in [0.1, 0.15) is 32.3 Å². The maximum atomic E-state index is 11.8. The molecule has 1 unspecified atom stereocenters. The quantitative estimate of drug-likeness (QED) is 0.712. The van der Waals surface area contributed by atoms with Gasteiger partial charge in [0, 0.05) is 12.8 Å². The molecule has 0 spiro atoms. The second-order valence-corrected chi connectivity index (χ2v) is 5.05. The van der Waals surface area contributed by atoms with Crippen molar-refractivity contribution in [2.24, 2.45) is 5.92 Å². The molecule has 0 aliphatic rings. The molecule has 1 aromatic carbocycles. The Labute approximate surface area is 118 Å². The highest BCUT2D eigenvalue weighted by molar-refractivity contribution is 5.83. The molecule has 0 aliphatic heterocycles.